The van der Waals surface area contributed by atoms with Gasteiger partial charge in [-0.25, -0.2) is 0 Å². The summed E-state index contributed by atoms with van der Waals surface area (Å²) in [6.07, 6.45) is 2.39. The van der Waals surface area contributed by atoms with E-state index in [1.807, 2.05) is 13.8 Å². The van der Waals surface area contributed by atoms with Crippen molar-refractivity contribution in [3.8, 4) is 0 Å². The van der Waals surface area contributed by atoms with Crippen LogP contribution in [0.4, 0.5) is 0 Å². The zero-order chi connectivity index (χ0) is 19.1. The summed E-state index contributed by atoms with van der Waals surface area (Å²) >= 11 is 0. The molecule has 0 spiro atoms. The number of nitrogens with one attached hydrogen (secondary N) is 2. The molecular formula is C20H34Cl2N4O2. The maximum absolute atomic E-state index is 12.2. The van der Waals surface area contributed by atoms with Crippen LogP contribution in [0.1, 0.15) is 43.9 Å². The number of carbonyl (C=O) groups is 2. The van der Waals surface area contributed by atoms with E-state index in [9.17, 15) is 9.59 Å². The smallest absolute Gasteiger partial charge is 0.239 e. The van der Waals surface area contributed by atoms with Crippen molar-refractivity contribution in [1.29, 1.82) is 0 Å². The Hall–Kier alpha value is -1.34. The Bertz CT molecular complexity index is 605. The monoisotopic (exact) mass is 432 g/mol. The largest absolute Gasteiger partial charge is 0.353 e. The molecule has 0 radical (unpaired) electrons. The minimum absolute atomic E-state index is 0. The van der Waals surface area contributed by atoms with E-state index in [4.69, 9.17) is 5.73 Å². The van der Waals surface area contributed by atoms with Crippen LogP contribution in [-0.2, 0) is 9.59 Å². The van der Waals surface area contributed by atoms with Gasteiger partial charge in [0, 0.05) is 6.54 Å². The lowest BCUT2D eigenvalue weighted by molar-refractivity contribution is -0.127. The number of nitrogens with two attached hydrogens (primary N) is 1. The molecule has 2 atom stereocenters. The predicted octanol–water partition coefficient (Wildman–Crippen LogP) is 2.19. The lowest BCUT2D eigenvalue weighted by Crippen LogP contribution is -2.48. The highest BCUT2D eigenvalue weighted by Gasteiger charge is 2.24. The fraction of sp³-hybridized carbons (Fsp3) is 0.600. The maximum Gasteiger partial charge on any atom is 0.239 e. The molecule has 1 unspecified atom stereocenters. The molecule has 28 heavy (non-hydrogen) atoms. The van der Waals surface area contributed by atoms with Crippen molar-refractivity contribution in [1.82, 2.24) is 15.5 Å². The average Bonchev–Trinajstić information content (AvgIpc) is 3.14. The quantitative estimate of drug-likeness (QED) is 0.587. The lowest BCUT2D eigenvalue weighted by Gasteiger charge is -2.28. The van der Waals surface area contributed by atoms with Crippen molar-refractivity contribution in [3.63, 3.8) is 0 Å². The molecule has 1 aromatic rings. The van der Waals surface area contributed by atoms with E-state index in [0.717, 1.165) is 13.1 Å². The van der Waals surface area contributed by atoms with Gasteiger partial charge in [0.05, 0.1) is 18.6 Å². The molecule has 6 nitrogen and oxygen atoms in total. The standard InChI is InChI=1S/C20H32N4O2.2ClH/c1-14(2)19(21)20(26)23-13-18(25)22-12-17(24-10-4-5-11-24)16-8-6-15(3)7-9-16;;/h6-9,14,17,19H,4-5,10-13,21H2,1-3H3,(H,22,25)(H,23,26);2*1H/t17?,19-;;/m0../s1. The van der Waals surface area contributed by atoms with Crippen molar-refractivity contribution < 1.29 is 9.59 Å². The second kappa shape index (κ2) is 13.0. The van der Waals surface area contributed by atoms with Crippen molar-refractivity contribution in [2.45, 2.75) is 45.7 Å². The molecular weight excluding hydrogens is 399 g/mol. The minimum Gasteiger partial charge on any atom is -0.353 e. The zero-order valence-electron chi connectivity index (χ0n) is 16.9. The van der Waals surface area contributed by atoms with Crippen LogP contribution in [0.3, 0.4) is 0 Å². The molecule has 160 valence electrons. The molecule has 2 rings (SSSR count). The summed E-state index contributed by atoms with van der Waals surface area (Å²) in [4.78, 5) is 26.4. The molecule has 1 saturated heterocycles. The maximum atomic E-state index is 12.2. The Morgan fingerprint density at radius 1 is 1.07 bits per heavy atom. The number of hydrogen-bond acceptors (Lipinski definition) is 4. The molecule has 4 N–H and O–H groups in total. The first kappa shape index (κ1) is 26.7. The van der Waals surface area contributed by atoms with E-state index in [-0.39, 0.29) is 55.1 Å². The fourth-order valence-corrected chi connectivity index (χ4v) is 3.16. The van der Waals surface area contributed by atoms with E-state index in [1.165, 1.54) is 24.0 Å². The summed E-state index contributed by atoms with van der Waals surface area (Å²) in [5.41, 5.74) is 8.22. The van der Waals surface area contributed by atoms with Crippen molar-refractivity contribution in [2.75, 3.05) is 26.2 Å². The number of aryl methyl sites for hydroxylation is 1. The number of nitrogens with zero attached hydrogens (tertiary/aromatic N) is 1. The minimum atomic E-state index is -0.590. The number of likely N-dealkylation sites (tertiary alicyclic amines) is 1. The van der Waals surface area contributed by atoms with Gasteiger partial charge in [0.1, 0.15) is 0 Å². The third kappa shape index (κ3) is 7.95. The highest BCUT2D eigenvalue weighted by atomic mass is 35.5. The van der Waals surface area contributed by atoms with Gasteiger partial charge >= 0.3 is 0 Å². The summed E-state index contributed by atoms with van der Waals surface area (Å²) in [6.45, 7) is 8.43. The van der Waals surface area contributed by atoms with E-state index >= 15 is 0 Å². The van der Waals surface area contributed by atoms with Gasteiger partial charge in [-0.2, -0.15) is 0 Å². The van der Waals surface area contributed by atoms with Crippen molar-refractivity contribution >= 4 is 36.6 Å². The van der Waals surface area contributed by atoms with E-state index < -0.39 is 6.04 Å². The SMILES string of the molecule is Cc1ccc(C(CNC(=O)CNC(=O)[C@@H](N)C(C)C)N2CCCC2)cc1.Cl.Cl. The van der Waals surface area contributed by atoms with Gasteiger partial charge in [-0.1, -0.05) is 43.7 Å². The lowest BCUT2D eigenvalue weighted by atomic mass is 10.0. The summed E-state index contributed by atoms with van der Waals surface area (Å²) < 4.78 is 0. The van der Waals surface area contributed by atoms with Gasteiger partial charge in [0.2, 0.25) is 11.8 Å². The van der Waals surface area contributed by atoms with Crippen LogP contribution in [0.2, 0.25) is 0 Å². The van der Waals surface area contributed by atoms with Gasteiger partial charge in [-0.3, -0.25) is 14.5 Å². The number of benzene rings is 1. The van der Waals surface area contributed by atoms with Gasteiger partial charge in [-0.15, -0.1) is 24.8 Å². The number of hydrogen-bond donors (Lipinski definition) is 3. The topological polar surface area (TPSA) is 87.5 Å². The van der Waals surface area contributed by atoms with Crippen LogP contribution in [-0.4, -0.2) is 48.9 Å². The molecule has 1 aliphatic heterocycles. The van der Waals surface area contributed by atoms with Gasteiger partial charge < -0.3 is 16.4 Å². The first-order valence-electron chi connectivity index (χ1n) is 9.49. The third-order valence-electron chi connectivity index (χ3n) is 4.98. The zero-order valence-corrected chi connectivity index (χ0v) is 18.6. The predicted molar refractivity (Wildman–Crippen MR) is 118 cm³/mol. The van der Waals surface area contributed by atoms with Crippen molar-refractivity contribution in [3.05, 3.63) is 35.4 Å². The fourth-order valence-electron chi connectivity index (χ4n) is 3.16. The Morgan fingerprint density at radius 2 is 1.64 bits per heavy atom. The number of carbonyl (C=O) groups excluding carboxylic acids is 2. The first-order valence-corrected chi connectivity index (χ1v) is 9.49. The molecule has 1 heterocycles. The number of rotatable bonds is 8. The normalized spacial score (nSPS) is 15.9. The van der Waals surface area contributed by atoms with Crippen molar-refractivity contribution in [2.24, 2.45) is 11.7 Å². The number of amides is 2. The van der Waals surface area contributed by atoms with E-state index in [0.29, 0.717) is 6.54 Å². The second-order valence-electron chi connectivity index (χ2n) is 7.46. The highest BCUT2D eigenvalue weighted by Crippen LogP contribution is 2.24. The Kier molecular flexibility index (Phi) is 12.4. The van der Waals surface area contributed by atoms with Crippen LogP contribution in [0.5, 0.6) is 0 Å². The molecule has 8 heteroatoms. The first-order chi connectivity index (χ1) is 12.4. The molecule has 0 aromatic heterocycles. The van der Waals surface area contributed by atoms with Crippen LogP contribution in [0.25, 0.3) is 0 Å². The molecule has 0 saturated carbocycles. The summed E-state index contributed by atoms with van der Waals surface area (Å²) in [5, 5.41) is 5.57. The Labute approximate surface area is 180 Å². The second-order valence-corrected chi connectivity index (χ2v) is 7.46. The molecule has 0 bridgehead atoms. The molecule has 1 fully saturated rings. The van der Waals surface area contributed by atoms with Gasteiger partial charge in [0.15, 0.2) is 0 Å². The Balaban J connectivity index is 0.00000364. The summed E-state index contributed by atoms with van der Waals surface area (Å²) in [5.74, 6) is -0.436. The molecule has 1 aromatic carbocycles. The molecule has 0 aliphatic carbocycles. The Morgan fingerprint density at radius 3 is 2.18 bits per heavy atom. The average molecular weight is 433 g/mol. The van der Waals surface area contributed by atoms with Crippen LogP contribution >= 0.6 is 24.8 Å². The molecule has 1 aliphatic rings. The van der Waals surface area contributed by atoms with Crippen LogP contribution in [0, 0.1) is 12.8 Å². The third-order valence-corrected chi connectivity index (χ3v) is 4.98. The summed E-state index contributed by atoms with van der Waals surface area (Å²) in [6, 6.07) is 8.05. The van der Waals surface area contributed by atoms with E-state index in [1.54, 1.807) is 0 Å². The highest BCUT2D eigenvalue weighted by molar-refractivity contribution is 5.87. The van der Waals surface area contributed by atoms with E-state index in [2.05, 4.69) is 46.7 Å². The van der Waals surface area contributed by atoms with Crippen LogP contribution < -0.4 is 16.4 Å². The van der Waals surface area contributed by atoms with Gasteiger partial charge in [0.25, 0.3) is 0 Å². The van der Waals surface area contributed by atoms with Gasteiger partial charge in [-0.05, 0) is 44.3 Å². The van der Waals surface area contributed by atoms with Crippen LogP contribution in [0.15, 0.2) is 24.3 Å². The summed E-state index contributed by atoms with van der Waals surface area (Å²) in [7, 11) is 0. The molecule has 2 amide bonds. The number of halogens is 2.